The van der Waals surface area contributed by atoms with E-state index in [2.05, 4.69) is 33.8 Å². The molecule has 0 radical (unpaired) electrons. The van der Waals surface area contributed by atoms with Crippen molar-refractivity contribution in [2.24, 2.45) is 0 Å². The Bertz CT molecular complexity index is 1000. The number of hydrogen-bond acceptors (Lipinski definition) is 5. The largest absolute Gasteiger partial charge is 0.497 e. The SMILES string of the molecule is COc1cccc(-c2cn([C@@H]3c4ccccc4C4(CCNCC4)[C@H]3O)nn2)c1.Cl. The van der Waals surface area contributed by atoms with E-state index in [1.54, 1.807) is 7.11 Å². The van der Waals surface area contributed by atoms with E-state index in [9.17, 15) is 5.11 Å². The lowest BCUT2D eigenvalue weighted by molar-refractivity contribution is 0.0421. The molecule has 152 valence electrons. The van der Waals surface area contributed by atoms with Gasteiger partial charge in [0.1, 0.15) is 17.5 Å². The van der Waals surface area contributed by atoms with Gasteiger partial charge in [-0.3, -0.25) is 0 Å². The van der Waals surface area contributed by atoms with Crippen LogP contribution in [0.15, 0.2) is 54.7 Å². The molecule has 1 saturated heterocycles. The third kappa shape index (κ3) is 3.12. The maximum atomic E-state index is 11.5. The third-order valence-corrected chi connectivity index (χ3v) is 6.34. The van der Waals surface area contributed by atoms with E-state index in [-0.39, 0.29) is 23.9 Å². The molecule has 1 spiro atoms. The van der Waals surface area contributed by atoms with E-state index in [0.717, 1.165) is 48.5 Å². The Morgan fingerprint density at radius 2 is 1.93 bits per heavy atom. The quantitative estimate of drug-likeness (QED) is 0.692. The molecule has 3 aromatic rings. The second-order valence-corrected chi connectivity index (χ2v) is 7.70. The minimum atomic E-state index is -0.521. The van der Waals surface area contributed by atoms with Crippen LogP contribution in [0, 0.1) is 0 Å². The second-order valence-electron chi connectivity index (χ2n) is 7.70. The van der Waals surface area contributed by atoms with Gasteiger partial charge >= 0.3 is 0 Å². The zero-order valence-electron chi connectivity index (χ0n) is 16.3. The number of benzene rings is 2. The van der Waals surface area contributed by atoms with Crippen LogP contribution in [-0.4, -0.2) is 46.4 Å². The fourth-order valence-corrected chi connectivity index (χ4v) is 4.89. The highest BCUT2D eigenvalue weighted by molar-refractivity contribution is 5.85. The fraction of sp³-hybridized carbons (Fsp3) is 0.364. The Balaban J connectivity index is 0.00000205. The minimum Gasteiger partial charge on any atom is -0.497 e. The van der Waals surface area contributed by atoms with Crippen molar-refractivity contribution >= 4 is 12.4 Å². The summed E-state index contributed by atoms with van der Waals surface area (Å²) in [5.41, 5.74) is 3.92. The lowest BCUT2D eigenvalue weighted by atomic mass is 9.72. The summed E-state index contributed by atoms with van der Waals surface area (Å²) in [4.78, 5) is 0. The zero-order chi connectivity index (χ0) is 19.1. The van der Waals surface area contributed by atoms with Crippen LogP contribution in [0.5, 0.6) is 5.75 Å². The summed E-state index contributed by atoms with van der Waals surface area (Å²) in [6.07, 6.45) is 3.27. The number of aliphatic hydroxyl groups excluding tert-OH is 1. The van der Waals surface area contributed by atoms with Crippen LogP contribution in [0.2, 0.25) is 0 Å². The van der Waals surface area contributed by atoms with Crippen molar-refractivity contribution in [2.45, 2.75) is 30.4 Å². The van der Waals surface area contributed by atoms with Crippen LogP contribution in [0.3, 0.4) is 0 Å². The number of methoxy groups -OCH3 is 1. The molecule has 5 rings (SSSR count). The van der Waals surface area contributed by atoms with Gasteiger partial charge in [0, 0.05) is 11.0 Å². The molecule has 29 heavy (non-hydrogen) atoms. The van der Waals surface area contributed by atoms with Gasteiger partial charge < -0.3 is 15.2 Å². The molecule has 1 aromatic heterocycles. The number of aromatic nitrogens is 3. The number of ether oxygens (including phenoxy) is 1. The maximum absolute atomic E-state index is 11.5. The predicted molar refractivity (Wildman–Crippen MR) is 114 cm³/mol. The van der Waals surface area contributed by atoms with Crippen LogP contribution in [0.1, 0.15) is 30.0 Å². The van der Waals surface area contributed by atoms with Crippen LogP contribution in [0.25, 0.3) is 11.3 Å². The molecule has 1 fully saturated rings. The van der Waals surface area contributed by atoms with Crippen molar-refractivity contribution in [2.75, 3.05) is 20.2 Å². The maximum Gasteiger partial charge on any atom is 0.119 e. The van der Waals surface area contributed by atoms with Gasteiger partial charge in [-0.05, 0) is 49.2 Å². The molecular formula is C22H25ClN4O2. The summed E-state index contributed by atoms with van der Waals surface area (Å²) in [5.74, 6) is 0.784. The monoisotopic (exact) mass is 412 g/mol. The summed E-state index contributed by atoms with van der Waals surface area (Å²) in [6, 6.07) is 16.0. The molecule has 7 heteroatoms. The third-order valence-electron chi connectivity index (χ3n) is 6.34. The molecular weight excluding hydrogens is 388 g/mol. The smallest absolute Gasteiger partial charge is 0.119 e. The number of hydrogen-bond donors (Lipinski definition) is 2. The summed E-state index contributed by atoms with van der Waals surface area (Å²) in [7, 11) is 1.65. The standard InChI is InChI=1S/C22H24N4O2.ClH/c1-28-16-6-4-5-15(13-16)19-14-26(25-24-19)20-17-7-2-3-8-18(17)22(21(20)27)9-11-23-12-10-22;/h2-8,13-14,20-21,23,27H,9-12H2,1H3;1H/t20-,21+;/m1./s1. The topological polar surface area (TPSA) is 72.2 Å². The molecule has 0 bridgehead atoms. The summed E-state index contributed by atoms with van der Waals surface area (Å²) in [5, 5.41) is 23.7. The number of aliphatic hydroxyl groups is 1. The normalized spacial score (nSPS) is 22.1. The first-order chi connectivity index (χ1) is 13.7. The van der Waals surface area contributed by atoms with Gasteiger partial charge in [-0.2, -0.15) is 0 Å². The van der Waals surface area contributed by atoms with Gasteiger partial charge in [0.05, 0.1) is 19.4 Å². The minimum absolute atomic E-state index is 0. The molecule has 2 aromatic carbocycles. The Kier molecular flexibility index (Phi) is 5.34. The summed E-state index contributed by atoms with van der Waals surface area (Å²) < 4.78 is 7.15. The van der Waals surface area contributed by atoms with Gasteiger partial charge in [0.25, 0.3) is 0 Å². The van der Waals surface area contributed by atoms with Crippen LogP contribution in [-0.2, 0) is 5.41 Å². The molecule has 2 atom stereocenters. The number of nitrogens with one attached hydrogen (secondary N) is 1. The van der Waals surface area contributed by atoms with Crippen molar-refractivity contribution in [3.63, 3.8) is 0 Å². The van der Waals surface area contributed by atoms with E-state index in [0.29, 0.717) is 0 Å². The van der Waals surface area contributed by atoms with Crippen LogP contribution < -0.4 is 10.1 Å². The van der Waals surface area contributed by atoms with Crippen LogP contribution >= 0.6 is 12.4 Å². The van der Waals surface area contributed by atoms with Crippen molar-refractivity contribution in [3.05, 3.63) is 65.9 Å². The van der Waals surface area contributed by atoms with E-state index in [4.69, 9.17) is 4.74 Å². The molecule has 2 aliphatic rings. The van der Waals surface area contributed by atoms with Gasteiger partial charge in [-0.15, -0.1) is 17.5 Å². The molecule has 2 heterocycles. The Labute approximate surface area is 176 Å². The van der Waals surface area contributed by atoms with E-state index in [1.807, 2.05) is 41.2 Å². The highest BCUT2D eigenvalue weighted by Gasteiger charge is 2.52. The number of piperidine rings is 1. The van der Waals surface area contributed by atoms with E-state index < -0.39 is 6.10 Å². The first-order valence-electron chi connectivity index (χ1n) is 9.77. The molecule has 0 saturated carbocycles. The molecule has 1 aliphatic carbocycles. The lowest BCUT2D eigenvalue weighted by Gasteiger charge is -2.38. The molecule has 6 nitrogen and oxygen atoms in total. The zero-order valence-corrected chi connectivity index (χ0v) is 17.1. The number of halogens is 1. The van der Waals surface area contributed by atoms with Crippen molar-refractivity contribution in [3.8, 4) is 17.0 Å². The number of rotatable bonds is 3. The highest BCUT2D eigenvalue weighted by Crippen LogP contribution is 2.51. The van der Waals surface area contributed by atoms with E-state index >= 15 is 0 Å². The molecule has 1 aliphatic heterocycles. The van der Waals surface area contributed by atoms with Crippen molar-refractivity contribution < 1.29 is 9.84 Å². The van der Waals surface area contributed by atoms with Gasteiger partial charge in [-0.1, -0.05) is 41.6 Å². The first kappa shape index (κ1) is 19.9. The second kappa shape index (κ2) is 7.78. The summed E-state index contributed by atoms with van der Waals surface area (Å²) in [6.45, 7) is 1.84. The molecule has 2 N–H and O–H groups in total. The highest BCUT2D eigenvalue weighted by atomic mass is 35.5. The van der Waals surface area contributed by atoms with Gasteiger partial charge in [0.2, 0.25) is 0 Å². The lowest BCUT2D eigenvalue weighted by Crippen LogP contribution is -2.47. The Morgan fingerprint density at radius 1 is 1.14 bits per heavy atom. The van der Waals surface area contributed by atoms with Crippen LogP contribution in [0.4, 0.5) is 0 Å². The molecule has 0 unspecified atom stereocenters. The number of fused-ring (bicyclic) bond motifs is 2. The average molecular weight is 413 g/mol. The van der Waals surface area contributed by atoms with Gasteiger partial charge in [-0.25, -0.2) is 4.68 Å². The Morgan fingerprint density at radius 3 is 2.72 bits per heavy atom. The Hall–Kier alpha value is -2.41. The predicted octanol–water partition coefficient (Wildman–Crippen LogP) is 2.96. The van der Waals surface area contributed by atoms with E-state index in [1.165, 1.54) is 5.56 Å². The molecule has 0 amide bonds. The van der Waals surface area contributed by atoms with Gasteiger partial charge in [0.15, 0.2) is 0 Å². The first-order valence-corrected chi connectivity index (χ1v) is 9.77. The average Bonchev–Trinajstić information content (AvgIpc) is 3.32. The van der Waals surface area contributed by atoms with Crippen molar-refractivity contribution in [1.29, 1.82) is 0 Å². The summed E-state index contributed by atoms with van der Waals surface area (Å²) >= 11 is 0. The number of nitrogens with zero attached hydrogens (tertiary/aromatic N) is 3. The fourth-order valence-electron chi connectivity index (χ4n) is 4.89. The van der Waals surface area contributed by atoms with Crippen molar-refractivity contribution in [1.82, 2.24) is 20.3 Å².